The molecule has 1 aromatic carbocycles. The minimum absolute atomic E-state index is 0.0959. The highest BCUT2D eigenvalue weighted by molar-refractivity contribution is 14.1. The maximum absolute atomic E-state index is 11.9. The molecule has 20 heavy (non-hydrogen) atoms. The van der Waals surface area contributed by atoms with Crippen molar-refractivity contribution in [2.75, 3.05) is 39.2 Å². The summed E-state index contributed by atoms with van der Waals surface area (Å²) in [7, 11) is 3.33. The van der Waals surface area contributed by atoms with Crippen molar-refractivity contribution >= 4 is 34.2 Å². The molecule has 0 saturated heterocycles. The second-order valence-corrected chi connectivity index (χ2v) is 6.06. The number of halogens is 1. The van der Waals surface area contributed by atoms with Crippen LogP contribution in [0.2, 0.25) is 0 Å². The molecule has 0 fully saturated rings. The Labute approximate surface area is 133 Å². The number of amides is 1. The first-order chi connectivity index (χ1) is 9.42. The molecule has 1 atom stereocenters. The van der Waals surface area contributed by atoms with Crippen molar-refractivity contribution < 1.29 is 14.6 Å². The second-order valence-electron chi connectivity index (χ2n) is 4.81. The van der Waals surface area contributed by atoms with Gasteiger partial charge in [0.05, 0.1) is 19.3 Å². The van der Waals surface area contributed by atoms with Crippen LogP contribution in [0.25, 0.3) is 0 Å². The topological polar surface area (TPSA) is 61.8 Å². The molecule has 0 aliphatic carbocycles. The summed E-state index contributed by atoms with van der Waals surface area (Å²) in [5.41, 5.74) is 1.86. The summed E-state index contributed by atoms with van der Waals surface area (Å²) < 4.78 is 5.99. The van der Waals surface area contributed by atoms with Gasteiger partial charge in [0.25, 0.3) is 0 Å². The molecule has 1 amide bonds. The van der Waals surface area contributed by atoms with Crippen LogP contribution in [0.15, 0.2) is 18.2 Å². The van der Waals surface area contributed by atoms with E-state index in [-0.39, 0.29) is 19.1 Å². The summed E-state index contributed by atoms with van der Waals surface area (Å²) in [6.07, 6.45) is -0.585. The Morgan fingerprint density at radius 2 is 2.25 bits per heavy atom. The zero-order valence-electron chi connectivity index (χ0n) is 12.0. The highest BCUT2D eigenvalue weighted by Crippen LogP contribution is 2.17. The molecule has 1 unspecified atom stereocenters. The van der Waals surface area contributed by atoms with Crippen molar-refractivity contribution in [2.45, 2.75) is 13.0 Å². The Kier molecular flexibility index (Phi) is 7.42. The van der Waals surface area contributed by atoms with Crippen LogP contribution < -0.4 is 5.32 Å². The molecule has 1 aromatic rings. The number of hydrogen-bond acceptors (Lipinski definition) is 4. The van der Waals surface area contributed by atoms with E-state index in [1.165, 1.54) is 7.11 Å². The van der Waals surface area contributed by atoms with Gasteiger partial charge in [-0.25, -0.2) is 0 Å². The number of ether oxygens (including phenoxy) is 1. The maximum atomic E-state index is 11.9. The van der Waals surface area contributed by atoms with Gasteiger partial charge < -0.3 is 15.2 Å². The van der Waals surface area contributed by atoms with E-state index < -0.39 is 6.10 Å². The molecule has 0 radical (unpaired) electrons. The molecule has 0 saturated carbocycles. The summed E-state index contributed by atoms with van der Waals surface area (Å²) in [6.45, 7) is 2.85. The van der Waals surface area contributed by atoms with E-state index >= 15 is 0 Å². The normalized spacial score (nSPS) is 12.5. The minimum atomic E-state index is -0.585. The number of nitrogens with zero attached hydrogens (tertiary/aromatic N) is 1. The first kappa shape index (κ1) is 17.4. The molecule has 0 aliphatic heterocycles. The van der Waals surface area contributed by atoms with Crippen molar-refractivity contribution in [1.29, 1.82) is 0 Å². The number of methoxy groups -OCH3 is 1. The predicted molar refractivity (Wildman–Crippen MR) is 87.9 cm³/mol. The fraction of sp³-hybridized carbons (Fsp3) is 0.500. The van der Waals surface area contributed by atoms with Crippen molar-refractivity contribution in [1.82, 2.24) is 4.90 Å². The number of benzene rings is 1. The van der Waals surface area contributed by atoms with Crippen LogP contribution in [0.5, 0.6) is 0 Å². The van der Waals surface area contributed by atoms with E-state index in [0.29, 0.717) is 6.54 Å². The van der Waals surface area contributed by atoms with Crippen molar-refractivity contribution in [3.05, 3.63) is 27.3 Å². The van der Waals surface area contributed by atoms with Crippen LogP contribution in [0.3, 0.4) is 0 Å². The van der Waals surface area contributed by atoms with Crippen LogP contribution in [0, 0.1) is 10.5 Å². The number of nitrogens with one attached hydrogen (secondary N) is 1. The van der Waals surface area contributed by atoms with Crippen LogP contribution in [-0.4, -0.2) is 55.9 Å². The van der Waals surface area contributed by atoms with Crippen molar-refractivity contribution in [3.8, 4) is 0 Å². The maximum Gasteiger partial charge on any atom is 0.238 e. The number of carbonyl (C=O) groups is 1. The lowest BCUT2D eigenvalue weighted by Crippen LogP contribution is -2.37. The fourth-order valence-corrected chi connectivity index (χ4v) is 2.52. The smallest absolute Gasteiger partial charge is 0.238 e. The average Bonchev–Trinajstić information content (AvgIpc) is 2.32. The molecule has 6 heteroatoms. The van der Waals surface area contributed by atoms with E-state index in [0.717, 1.165) is 14.8 Å². The molecule has 112 valence electrons. The van der Waals surface area contributed by atoms with E-state index in [1.54, 1.807) is 11.9 Å². The lowest BCUT2D eigenvalue weighted by atomic mass is 10.2. The van der Waals surface area contributed by atoms with Crippen molar-refractivity contribution in [3.63, 3.8) is 0 Å². The van der Waals surface area contributed by atoms with Gasteiger partial charge in [0.15, 0.2) is 0 Å². The van der Waals surface area contributed by atoms with Gasteiger partial charge in [0.1, 0.15) is 0 Å². The van der Waals surface area contributed by atoms with Gasteiger partial charge in [-0.3, -0.25) is 9.69 Å². The van der Waals surface area contributed by atoms with E-state index in [9.17, 15) is 9.90 Å². The number of aliphatic hydroxyl groups is 1. The van der Waals surface area contributed by atoms with Gasteiger partial charge in [-0.2, -0.15) is 0 Å². The standard InChI is InChI=1S/C14H21IN2O3/c1-10-6-11(15)4-5-13(10)16-14(19)8-17(2)7-12(18)9-20-3/h4-6,12,18H,7-9H2,1-3H3,(H,16,19). The lowest BCUT2D eigenvalue weighted by Gasteiger charge is -2.19. The van der Waals surface area contributed by atoms with E-state index in [4.69, 9.17) is 4.74 Å². The van der Waals surface area contributed by atoms with Crippen LogP contribution in [0.4, 0.5) is 5.69 Å². The van der Waals surface area contributed by atoms with Gasteiger partial charge >= 0.3 is 0 Å². The van der Waals surface area contributed by atoms with Gasteiger partial charge in [0, 0.05) is 22.9 Å². The Hall–Kier alpha value is -0.700. The van der Waals surface area contributed by atoms with Crippen LogP contribution in [0.1, 0.15) is 5.56 Å². The highest BCUT2D eigenvalue weighted by atomic mass is 127. The third-order valence-corrected chi connectivity index (χ3v) is 3.43. The summed E-state index contributed by atoms with van der Waals surface area (Å²) in [4.78, 5) is 13.7. The molecular weight excluding hydrogens is 371 g/mol. The molecular formula is C14H21IN2O3. The SMILES string of the molecule is COCC(O)CN(C)CC(=O)Nc1ccc(I)cc1C. The number of carbonyl (C=O) groups excluding carboxylic acids is 1. The Balaban J connectivity index is 2.46. The number of likely N-dealkylation sites (N-methyl/N-ethyl adjacent to an activating group) is 1. The lowest BCUT2D eigenvalue weighted by molar-refractivity contribution is -0.117. The molecule has 0 aliphatic rings. The Morgan fingerprint density at radius 1 is 1.55 bits per heavy atom. The zero-order valence-corrected chi connectivity index (χ0v) is 14.2. The first-order valence-electron chi connectivity index (χ1n) is 6.34. The highest BCUT2D eigenvalue weighted by Gasteiger charge is 2.12. The quantitative estimate of drug-likeness (QED) is 0.691. The summed E-state index contributed by atoms with van der Waals surface area (Å²) in [6, 6.07) is 5.87. The number of aliphatic hydroxyl groups excluding tert-OH is 1. The van der Waals surface area contributed by atoms with Crippen LogP contribution in [-0.2, 0) is 9.53 Å². The summed E-state index contributed by atoms with van der Waals surface area (Å²) >= 11 is 2.24. The number of rotatable bonds is 7. The fourth-order valence-electron chi connectivity index (χ4n) is 1.87. The Morgan fingerprint density at radius 3 is 2.85 bits per heavy atom. The molecule has 0 spiro atoms. The third kappa shape index (κ3) is 6.17. The first-order valence-corrected chi connectivity index (χ1v) is 7.41. The summed E-state index contributed by atoms with van der Waals surface area (Å²) in [5.74, 6) is -0.0959. The summed E-state index contributed by atoms with van der Waals surface area (Å²) in [5, 5.41) is 12.5. The third-order valence-electron chi connectivity index (χ3n) is 2.76. The van der Waals surface area contributed by atoms with Gasteiger partial charge in [0.2, 0.25) is 5.91 Å². The van der Waals surface area contributed by atoms with Gasteiger partial charge in [-0.15, -0.1) is 0 Å². The number of hydrogen-bond donors (Lipinski definition) is 2. The molecule has 0 bridgehead atoms. The monoisotopic (exact) mass is 392 g/mol. The van der Waals surface area contributed by atoms with Gasteiger partial charge in [-0.1, -0.05) is 0 Å². The van der Waals surface area contributed by atoms with Crippen molar-refractivity contribution in [2.24, 2.45) is 0 Å². The van der Waals surface area contributed by atoms with Crippen LogP contribution >= 0.6 is 22.6 Å². The Bertz CT molecular complexity index is 454. The number of anilines is 1. The number of aryl methyl sites for hydroxylation is 1. The predicted octanol–water partition coefficient (Wildman–Crippen LogP) is 1.48. The minimum Gasteiger partial charge on any atom is -0.389 e. The van der Waals surface area contributed by atoms with E-state index in [1.807, 2.05) is 25.1 Å². The molecule has 5 nitrogen and oxygen atoms in total. The molecule has 0 heterocycles. The molecule has 0 aromatic heterocycles. The molecule has 2 N–H and O–H groups in total. The largest absolute Gasteiger partial charge is 0.389 e. The second kappa shape index (κ2) is 8.56. The van der Waals surface area contributed by atoms with E-state index in [2.05, 4.69) is 27.9 Å². The van der Waals surface area contributed by atoms with Gasteiger partial charge in [-0.05, 0) is 60.3 Å². The molecule has 1 rings (SSSR count). The average molecular weight is 392 g/mol. The zero-order chi connectivity index (χ0) is 15.1.